The highest BCUT2D eigenvalue weighted by Crippen LogP contribution is 2.26. The van der Waals surface area contributed by atoms with E-state index in [0.29, 0.717) is 25.6 Å². The molecule has 1 aromatic carbocycles. The van der Waals surface area contributed by atoms with E-state index in [4.69, 9.17) is 0 Å². The summed E-state index contributed by atoms with van der Waals surface area (Å²) >= 11 is 3.48. The molecule has 3 aliphatic heterocycles. The summed E-state index contributed by atoms with van der Waals surface area (Å²) in [7, 11) is 0. The molecule has 1 unspecified atom stereocenters. The number of piperidine rings is 2. The van der Waals surface area contributed by atoms with Gasteiger partial charge in [0.25, 0.3) is 0 Å². The zero-order valence-corrected chi connectivity index (χ0v) is 18.1. The normalized spacial score (nSPS) is 24.8. The molecule has 28 heavy (non-hydrogen) atoms. The van der Waals surface area contributed by atoms with Gasteiger partial charge < -0.3 is 14.7 Å². The Bertz CT molecular complexity index is 711. The third kappa shape index (κ3) is 4.60. The Labute approximate surface area is 176 Å². The quantitative estimate of drug-likeness (QED) is 0.710. The summed E-state index contributed by atoms with van der Waals surface area (Å²) in [6.07, 6.45) is 6.51. The molecule has 152 valence electrons. The number of likely N-dealkylation sites (tertiary alicyclic amines) is 3. The van der Waals surface area contributed by atoms with Gasteiger partial charge in [-0.2, -0.15) is 0 Å². The minimum Gasteiger partial charge on any atom is -0.342 e. The first-order valence-electron chi connectivity index (χ1n) is 10.7. The van der Waals surface area contributed by atoms with E-state index in [1.807, 2.05) is 34.1 Å². The van der Waals surface area contributed by atoms with Crippen molar-refractivity contribution in [3.8, 4) is 0 Å². The van der Waals surface area contributed by atoms with E-state index in [-0.39, 0.29) is 17.7 Å². The van der Waals surface area contributed by atoms with E-state index in [1.165, 1.54) is 32.4 Å². The van der Waals surface area contributed by atoms with Gasteiger partial charge in [-0.3, -0.25) is 9.59 Å². The van der Waals surface area contributed by atoms with Crippen LogP contribution in [0.5, 0.6) is 0 Å². The van der Waals surface area contributed by atoms with Crippen molar-refractivity contribution in [3.05, 3.63) is 34.3 Å². The van der Waals surface area contributed by atoms with Gasteiger partial charge in [0.05, 0.1) is 5.92 Å². The average Bonchev–Trinajstić information content (AvgIpc) is 3.08. The fraction of sp³-hybridized carbons (Fsp3) is 0.636. The molecule has 0 aliphatic carbocycles. The molecule has 5 nitrogen and oxygen atoms in total. The topological polar surface area (TPSA) is 43.9 Å². The average molecular weight is 448 g/mol. The number of nitrogens with zero attached hydrogens (tertiary/aromatic N) is 3. The van der Waals surface area contributed by atoms with Crippen LogP contribution in [-0.2, 0) is 16.1 Å². The first-order valence-corrected chi connectivity index (χ1v) is 11.4. The van der Waals surface area contributed by atoms with Crippen molar-refractivity contribution in [2.45, 2.75) is 51.1 Å². The van der Waals surface area contributed by atoms with Crippen molar-refractivity contribution >= 4 is 27.7 Å². The van der Waals surface area contributed by atoms with Crippen molar-refractivity contribution in [3.63, 3.8) is 0 Å². The third-order valence-electron chi connectivity index (χ3n) is 6.51. The van der Waals surface area contributed by atoms with Gasteiger partial charge in [-0.1, -0.05) is 34.5 Å². The fourth-order valence-electron chi connectivity index (χ4n) is 4.94. The molecule has 0 spiro atoms. The van der Waals surface area contributed by atoms with Crippen LogP contribution in [0.4, 0.5) is 0 Å². The number of carbonyl (C=O) groups excluding carboxylic acids is 2. The van der Waals surface area contributed by atoms with E-state index in [0.717, 1.165) is 36.0 Å². The second kappa shape index (κ2) is 8.95. The van der Waals surface area contributed by atoms with E-state index >= 15 is 0 Å². The van der Waals surface area contributed by atoms with Crippen LogP contribution in [0.2, 0.25) is 0 Å². The summed E-state index contributed by atoms with van der Waals surface area (Å²) < 4.78 is 1.01. The largest absolute Gasteiger partial charge is 0.342 e. The zero-order chi connectivity index (χ0) is 19.5. The lowest BCUT2D eigenvalue weighted by Gasteiger charge is -2.40. The second-order valence-electron chi connectivity index (χ2n) is 8.46. The van der Waals surface area contributed by atoms with Gasteiger partial charge in [0.15, 0.2) is 0 Å². The van der Waals surface area contributed by atoms with E-state index in [2.05, 4.69) is 20.8 Å². The molecule has 3 heterocycles. The Kier molecular flexibility index (Phi) is 6.36. The van der Waals surface area contributed by atoms with Crippen molar-refractivity contribution in [2.75, 3.05) is 32.7 Å². The Balaban J connectivity index is 1.29. The maximum atomic E-state index is 13.0. The van der Waals surface area contributed by atoms with Gasteiger partial charge in [0.1, 0.15) is 0 Å². The molecule has 3 saturated heterocycles. The monoisotopic (exact) mass is 447 g/mol. The molecule has 2 amide bonds. The minimum atomic E-state index is -0.175. The number of rotatable bonds is 4. The Hall–Kier alpha value is -1.40. The molecular formula is C22H30BrN3O2. The highest BCUT2D eigenvalue weighted by atomic mass is 79.9. The maximum absolute atomic E-state index is 13.0. The third-order valence-corrected chi connectivity index (χ3v) is 7.00. The van der Waals surface area contributed by atoms with Crippen LogP contribution in [0.25, 0.3) is 0 Å². The van der Waals surface area contributed by atoms with Gasteiger partial charge in [0.2, 0.25) is 11.8 Å². The first-order chi connectivity index (χ1) is 13.6. The first kappa shape index (κ1) is 19.9. The summed E-state index contributed by atoms with van der Waals surface area (Å²) in [4.78, 5) is 31.9. The lowest BCUT2D eigenvalue weighted by molar-refractivity contribution is -0.137. The van der Waals surface area contributed by atoms with Crippen LogP contribution in [-0.4, -0.2) is 65.3 Å². The summed E-state index contributed by atoms with van der Waals surface area (Å²) in [5.74, 6) is 0.106. The van der Waals surface area contributed by atoms with Crippen molar-refractivity contribution in [1.82, 2.24) is 14.7 Å². The van der Waals surface area contributed by atoms with E-state index in [9.17, 15) is 9.59 Å². The van der Waals surface area contributed by atoms with Crippen molar-refractivity contribution < 1.29 is 9.59 Å². The van der Waals surface area contributed by atoms with Gasteiger partial charge in [0, 0.05) is 43.1 Å². The van der Waals surface area contributed by atoms with Crippen LogP contribution < -0.4 is 0 Å². The molecule has 0 N–H and O–H groups in total. The highest BCUT2D eigenvalue weighted by Gasteiger charge is 2.38. The lowest BCUT2D eigenvalue weighted by Crippen LogP contribution is -2.49. The van der Waals surface area contributed by atoms with Gasteiger partial charge in [-0.25, -0.2) is 0 Å². The Morgan fingerprint density at radius 1 is 1.07 bits per heavy atom. The molecule has 0 radical (unpaired) electrons. The molecular weight excluding hydrogens is 418 g/mol. The number of hydrogen-bond acceptors (Lipinski definition) is 3. The Morgan fingerprint density at radius 3 is 2.54 bits per heavy atom. The summed E-state index contributed by atoms with van der Waals surface area (Å²) in [5.41, 5.74) is 1.10. The van der Waals surface area contributed by atoms with E-state index in [1.54, 1.807) is 0 Å². The van der Waals surface area contributed by atoms with Crippen LogP contribution in [0, 0.1) is 5.92 Å². The summed E-state index contributed by atoms with van der Waals surface area (Å²) in [6.45, 7) is 5.27. The lowest BCUT2D eigenvalue weighted by atomic mass is 9.98. The molecule has 6 heteroatoms. The molecule has 0 bridgehead atoms. The van der Waals surface area contributed by atoms with Crippen LogP contribution in [0.3, 0.4) is 0 Å². The number of carbonyl (C=O) groups is 2. The molecule has 3 aliphatic rings. The molecule has 4 rings (SSSR count). The number of halogens is 1. The van der Waals surface area contributed by atoms with Crippen LogP contribution in [0.15, 0.2) is 28.7 Å². The van der Waals surface area contributed by atoms with E-state index < -0.39 is 0 Å². The fourth-order valence-corrected chi connectivity index (χ4v) is 5.39. The standard InChI is InChI=1S/C22H30BrN3O2/c23-19-6-4-5-17(13-19)15-26-16-18(14-21(26)27)22(28)25-11-7-20(8-12-25)24-9-2-1-3-10-24/h4-6,13,18,20H,1-3,7-12,14-16H2. The molecule has 0 aromatic heterocycles. The van der Waals surface area contributed by atoms with Crippen molar-refractivity contribution in [2.24, 2.45) is 5.92 Å². The van der Waals surface area contributed by atoms with Gasteiger partial charge in [-0.15, -0.1) is 0 Å². The minimum absolute atomic E-state index is 0.0986. The summed E-state index contributed by atoms with van der Waals surface area (Å²) in [6, 6.07) is 8.67. The second-order valence-corrected chi connectivity index (χ2v) is 9.37. The molecule has 3 fully saturated rings. The predicted octanol–water partition coefficient (Wildman–Crippen LogP) is 3.27. The number of benzene rings is 1. The molecule has 1 aromatic rings. The van der Waals surface area contributed by atoms with Crippen molar-refractivity contribution in [1.29, 1.82) is 0 Å². The predicted molar refractivity (Wildman–Crippen MR) is 113 cm³/mol. The molecule has 0 saturated carbocycles. The van der Waals surface area contributed by atoms with Gasteiger partial charge in [-0.05, 0) is 56.5 Å². The number of amides is 2. The summed E-state index contributed by atoms with van der Waals surface area (Å²) in [5, 5.41) is 0. The number of hydrogen-bond donors (Lipinski definition) is 0. The molecule has 1 atom stereocenters. The van der Waals surface area contributed by atoms with Crippen LogP contribution >= 0.6 is 15.9 Å². The maximum Gasteiger partial charge on any atom is 0.227 e. The Morgan fingerprint density at radius 2 is 1.82 bits per heavy atom. The van der Waals surface area contributed by atoms with Gasteiger partial charge >= 0.3 is 0 Å². The zero-order valence-electron chi connectivity index (χ0n) is 16.5. The smallest absolute Gasteiger partial charge is 0.227 e. The van der Waals surface area contributed by atoms with Crippen LogP contribution in [0.1, 0.15) is 44.1 Å². The SMILES string of the molecule is O=C1CC(C(=O)N2CCC(N3CCCCC3)CC2)CN1Cc1cccc(Br)c1. The highest BCUT2D eigenvalue weighted by molar-refractivity contribution is 9.10.